The van der Waals surface area contributed by atoms with Crippen LogP contribution in [0.15, 0.2) is 42.6 Å². The molecule has 1 aromatic carbocycles. The highest BCUT2D eigenvalue weighted by Gasteiger charge is 2.22. The molecule has 2 rings (SSSR count). The van der Waals surface area contributed by atoms with E-state index in [-0.39, 0.29) is 11.2 Å². The van der Waals surface area contributed by atoms with Gasteiger partial charge in [-0.1, -0.05) is 50.6 Å². The predicted molar refractivity (Wildman–Crippen MR) is 78.2 cm³/mol. The molecular weight excluding hydrogens is 234 g/mol. The Kier molecular flexibility index (Phi) is 3.52. The monoisotopic (exact) mass is 253 g/mol. The molecule has 1 heterocycles. The highest BCUT2D eigenvalue weighted by Crippen LogP contribution is 2.22. The number of ketones is 1. The number of Topliss-reactive ketones (excluding diaryl/α,β-unsaturated/α-hetero) is 1. The van der Waals surface area contributed by atoms with Crippen molar-refractivity contribution in [2.75, 3.05) is 0 Å². The summed E-state index contributed by atoms with van der Waals surface area (Å²) in [4.78, 5) is 16.5. The van der Waals surface area contributed by atoms with E-state index in [1.165, 1.54) is 5.56 Å². The molecule has 19 heavy (non-hydrogen) atoms. The molecule has 0 N–H and O–H groups in total. The van der Waals surface area contributed by atoms with Crippen molar-refractivity contribution in [1.29, 1.82) is 0 Å². The van der Waals surface area contributed by atoms with E-state index in [0.717, 1.165) is 11.3 Å². The van der Waals surface area contributed by atoms with Gasteiger partial charge in [0.2, 0.25) is 0 Å². The molecule has 1 aromatic heterocycles. The fraction of sp³-hybridized carbons (Fsp3) is 0.294. The van der Waals surface area contributed by atoms with E-state index in [2.05, 4.69) is 24.0 Å². The molecule has 0 bridgehead atoms. The summed E-state index contributed by atoms with van der Waals surface area (Å²) in [6, 6.07) is 12.0. The van der Waals surface area contributed by atoms with E-state index >= 15 is 0 Å². The van der Waals surface area contributed by atoms with Crippen molar-refractivity contribution in [3.05, 3.63) is 53.7 Å². The Morgan fingerprint density at radius 1 is 1.00 bits per heavy atom. The second-order valence-electron chi connectivity index (χ2n) is 5.88. The van der Waals surface area contributed by atoms with Crippen LogP contribution >= 0.6 is 0 Å². The average molecular weight is 253 g/mol. The lowest BCUT2D eigenvalue weighted by Gasteiger charge is -2.16. The zero-order valence-electron chi connectivity index (χ0n) is 11.9. The molecule has 0 aliphatic carbocycles. The third-order valence-electron chi connectivity index (χ3n) is 3.05. The van der Waals surface area contributed by atoms with Crippen molar-refractivity contribution in [2.45, 2.75) is 27.7 Å². The van der Waals surface area contributed by atoms with Gasteiger partial charge < -0.3 is 0 Å². The lowest BCUT2D eigenvalue weighted by Crippen LogP contribution is -2.20. The molecule has 2 heteroatoms. The van der Waals surface area contributed by atoms with Crippen LogP contribution in [-0.2, 0) is 0 Å². The molecular formula is C17H19NO. The molecule has 98 valence electrons. The normalized spacial score (nSPS) is 11.4. The molecule has 0 radical (unpaired) electrons. The zero-order chi connectivity index (χ0) is 14.0. The molecule has 0 spiro atoms. The van der Waals surface area contributed by atoms with Gasteiger partial charge in [0.05, 0.1) is 5.69 Å². The van der Waals surface area contributed by atoms with Crippen LogP contribution in [-0.4, -0.2) is 10.8 Å². The number of nitrogens with zero attached hydrogens (tertiary/aromatic N) is 1. The van der Waals surface area contributed by atoms with Crippen molar-refractivity contribution in [1.82, 2.24) is 4.98 Å². The number of benzene rings is 1. The molecule has 0 saturated heterocycles. The Balaban J connectivity index is 2.28. The third-order valence-corrected chi connectivity index (χ3v) is 3.05. The van der Waals surface area contributed by atoms with E-state index in [1.54, 1.807) is 6.20 Å². The number of aromatic nitrogens is 1. The summed E-state index contributed by atoms with van der Waals surface area (Å²) in [6.07, 6.45) is 1.67. The quantitative estimate of drug-likeness (QED) is 0.747. The lowest BCUT2D eigenvalue weighted by molar-refractivity contribution is 0.0858. The maximum Gasteiger partial charge on any atom is 0.169 e. The van der Waals surface area contributed by atoms with E-state index in [1.807, 2.05) is 45.0 Å². The standard InChI is InChI=1S/C17H19NO/c1-12-5-7-13(8-6-12)15-10-9-14(11-18-15)16(19)17(2,3)4/h5-11H,1-4H3. The first-order valence-electron chi connectivity index (χ1n) is 6.46. The summed E-state index contributed by atoms with van der Waals surface area (Å²) in [5.74, 6) is 0.121. The summed E-state index contributed by atoms with van der Waals surface area (Å²) >= 11 is 0. The molecule has 0 fully saturated rings. The van der Waals surface area contributed by atoms with Crippen molar-refractivity contribution in [2.24, 2.45) is 5.41 Å². The van der Waals surface area contributed by atoms with Crippen molar-refractivity contribution in [3.8, 4) is 11.3 Å². The largest absolute Gasteiger partial charge is 0.294 e. The SMILES string of the molecule is Cc1ccc(-c2ccc(C(=O)C(C)(C)C)cn2)cc1. The minimum Gasteiger partial charge on any atom is -0.294 e. The predicted octanol–water partition coefficient (Wildman–Crippen LogP) is 4.29. The molecule has 0 unspecified atom stereocenters. The van der Waals surface area contributed by atoms with Gasteiger partial charge in [0.1, 0.15) is 0 Å². The van der Waals surface area contributed by atoms with Crippen molar-refractivity contribution >= 4 is 5.78 Å². The molecule has 2 aromatic rings. The number of carbonyl (C=O) groups is 1. The van der Waals surface area contributed by atoms with Crippen LogP contribution in [0.4, 0.5) is 0 Å². The maximum atomic E-state index is 12.1. The smallest absolute Gasteiger partial charge is 0.169 e. The average Bonchev–Trinajstić information content (AvgIpc) is 2.38. The first kappa shape index (κ1) is 13.5. The number of pyridine rings is 1. The molecule has 0 amide bonds. The second-order valence-corrected chi connectivity index (χ2v) is 5.88. The topological polar surface area (TPSA) is 30.0 Å². The summed E-state index contributed by atoms with van der Waals surface area (Å²) in [6.45, 7) is 7.82. The Hall–Kier alpha value is -1.96. The van der Waals surface area contributed by atoms with Crippen LogP contribution in [0.3, 0.4) is 0 Å². The Labute approximate surface area is 114 Å². The van der Waals surface area contributed by atoms with Crippen LogP contribution in [0.25, 0.3) is 11.3 Å². The summed E-state index contributed by atoms with van der Waals surface area (Å²) < 4.78 is 0. The van der Waals surface area contributed by atoms with Crippen LogP contribution < -0.4 is 0 Å². The summed E-state index contributed by atoms with van der Waals surface area (Å²) in [7, 11) is 0. The second kappa shape index (κ2) is 4.96. The fourth-order valence-corrected chi connectivity index (χ4v) is 1.86. The minimum absolute atomic E-state index is 0.121. The Morgan fingerprint density at radius 2 is 1.63 bits per heavy atom. The highest BCUT2D eigenvalue weighted by molar-refractivity contribution is 5.99. The summed E-state index contributed by atoms with van der Waals surface area (Å²) in [5.41, 5.74) is 3.49. The number of hydrogen-bond acceptors (Lipinski definition) is 2. The maximum absolute atomic E-state index is 12.1. The van der Waals surface area contributed by atoms with E-state index in [4.69, 9.17) is 0 Å². The molecule has 0 atom stereocenters. The number of hydrogen-bond donors (Lipinski definition) is 0. The van der Waals surface area contributed by atoms with E-state index < -0.39 is 0 Å². The van der Waals surface area contributed by atoms with Crippen LogP contribution in [0.1, 0.15) is 36.7 Å². The van der Waals surface area contributed by atoms with Crippen LogP contribution in [0.2, 0.25) is 0 Å². The molecule has 0 aliphatic heterocycles. The van der Waals surface area contributed by atoms with Gasteiger partial charge in [-0.2, -0.15) is 0 Å². The third kappa shape index (κ3) is 3.08. The highest BCUT2D eigenvalue weighted by atomic mass is 16.1. The van der Waals surface area contributed by atoms with Crippen LogP contribution in [0.5, 0.6) is 0 Å². The van der Waals surface area contributed by atoms with Crippen molar-refractivity contribution < 1.29 is 4.79 Å². The first-order chi connectivity index (χ1) is 8.88. The van der Waals surface area contributed by atoms with Gasteiger partial charge in [0.25, 0.3) is 0 Å². The van der Waals surface area contributed by atoms with Gasteiger partial charge in [-0.25, -0.2) is 0 Å². The number of rotatable bonds is 2. The molecule has 2 nitrogen and oxygen atoms in total. The van der Waals surface area contributed by atoms with Gasteiger partial charge in [-0.3, -0.25) is 9.78 Å². The summed E-state index contributed by atoms with van der Waals surface area (Å²) in [5, 5.41) is 0. The zero-order valence-corrected chi connectivity index (χ0v) is 11.9. The molecule has 0 saturated carbocycles. The Bertz CT molecular complexity index is 574. The van der Waals surface area contributed by atoms with Gasteiger partial charge in [0.15, 0.2) is 5.78 Å². The van der Waals surface area contributed by atoms with Gasteiger partial charge in [-0.15, -0.1) is 0 Å². The fourth-order valence-electron chi connectivity index (χ4n) is 1.86. The van der Waals surface area contributed by atoms with E-state index in [0.29, 0.717) is 5.56 Å². The molecule has 0 aliphatic rings. The number of aryl methyl sites for hydroxylation is 1. The van der Waals surface area contributed by atoms with Gasteiger partial charge >= 0.3 is 0 Å². The van der Waals surface area contributed by atoms with Gasteiger partial charge in [-0.05, 0) is 19.1 Å². The first-order valence-corrected chi connectivity index (χ1v) is 6.46. The lowest BCUT2D eigenvalue weighted by atomic mass is 9.87. The number of carbonyl (C=O) groups excluding carboxylic acids is 1. The van der Waals surface area contributed by atoms with Crippen molar-refractivity contribution in [3.63, 3.8) is 0 Å². The Morgan fingerprint density at radius 3 is 2.11 bits per heavy atom. The van der Waals surface area contributed by atoms with Crippen LogP contribution in [0, 0.1) is 12.3 Å². The minimum atomic E-state index is -0.368. The van der Waals surface area contributed by atoms with Gasteiger partial charge in [0, 0.05) is 22.7 Å². The van der Waals surface area contributed by atoms with E-state index in [9.17, 15) is 4.79 Å².